The number of rotatable bonds is 6. The van der Waals surface area contributed by atoms with Crippen molar-refractivity contribution in [2.45, 2.75) is 19.8 Å². The van der Waals surface area contributed by atoms with Crippen molar-refractivity contribution in [2.75, 3.05) is 33.4 Å². The molecule has 2 aromatic heterocycles. The highest BCUT2D eigenvalue weighted by atomic mass is 32.1. The fraction of sp³-hybridized carbons (Fsp3) is 0.391. The monoisotopic (exact) mass is 425 g/mol. The second-order valence-electron chi connectivity index (χ2n) is 7.67. The van der Waals surface area contributed by atoms with Gasteiger partial charge in [0.15, 0.2) is 0 Å². The van der Waals surface area contributed by atoms with Gasteiger partial charge in [-0.15, -0.1) is 11.3 Å². The van der Waals surface area contributed by atoms with Gasteiger partial charge in [0.05, 0.1) is 17.0 Å². The first-order valence-corrected chi connectivity index (χ1v) is 11.1. The molecule has 0 bridgehead atoms. The number of thiophene rings is 1. The molecule has 1 aliphatic rings. The van der Waals surface area contributed by atoms with Crippen molar-refractivity contribution in [3.63, 3.8) is 0 Å². The van der Waals surface area contributed by atoms with Crippen molar-refractivity contribution < 1.29 is 14.3 Å². The Balaban J connectivity index is 1.42. The van der Waals surface area contributed by atoms with Gasteiger partial charge >= 0.3 is 0 Å². The fourth-order valence-electron chi connectivity index (χ4n) is 4.07. The number of para-hydroxylation sites is 1. The van der Waals surface area contributed by atoms with Crippen molar-refractivity contribution in [1.29, 1.82) is 0 Å². The number of carbonyl (C=O) groups excluding carboxylic acids is 2. The lowest BCUT2D eigenvalue weighted by atomic mass is 9.96. The van der Waals surface area contributed by atoms with E-state index in [1.54, 1.807) is 7.11 Å². The third kappa shape index (κ3) is 4.13. The quantitative estimate of drug-likeness (QED) is 0.614. The predicted molar refractivity (Wildman–Crippen MR) is 119 cm³/mol. The molecule has 0 unspecified atom stereocenters. The molecule has 30 heavy (non-hydrogen) atoms. The molecule has 6 nitrogen and oxygen atoms in total. The van der Waals surface area contributed by atoms with Gasteiger partial charge in [-0.05, 0) is 44.0 Å². The number of nitrogens with one attached hydrogen (secondary N) is 1. The van der Waals surface area contributed by atoms with Crippen molar-refractivity contribution >= 4 is 34.1 Å². The Morgan fingerprint density at radius 2 is 1.93 bits per heavy atom. The number of carbonyl (C=O) groups is 2. The number of hydrogen-bond acceptors (Lipinski definition) is 4. The third-order valence-corrected chi connectivity index (χ3v) is 6.73. The Bertz CT molecular complexity index is 1050. The number of methoxy groups -OCH3 is 1. The highest BCUT2D eigenvalue weighted by molar-refractivity contribution is 7.16. The van der Waals surface area contributed by atoms with Crippen LogP contribution in [0.3, 0.4) is 0 Å². The minimum absolute atomic E-state index is 0.0290. The van der Waals surface area contributed by atoms with E-state index in [0.717, 1.165) is 21.1 Å². The van der Waals surface area contributed by atoms with Gasteiger partial charge in [0, 0.05) is 43.7 Å². The van der Waals surface area contributed by atoms with E-state index in [1.807, 2.05) is 29.2 Å². The van der Waals surface area contributed by atoms with Gasteiger partial charge in [0.2, 0.25) is 5.91 Å². The van der Waals surface area contributed by atoms with E-state index in [2.05, 4.69) is 35.0 Å². The third-order valence-electron chi connectivity index (χ3n) is 5.68. The number of hydrogen-bond donors (Lipinski definition) is 1. The SMILES string of the molecule is COCCNC(=O)C1CCN(C(=O)c2ccc(-n3c(C)cc4ccccc43)s2)CC1. The number of benzene rings is 1. The van der Waals surface area contributed by atoms with E-state index >= 15 is 0 Å². The molecular formula is C23H27N3O3S. The molecule has 3 aromatic rings. The van der Waals surface area contributed by atoms with Gasteiger partial charge in [-0.25, -0.2) is 0 Å². The van der Waals surface area contributed by atoms with Crippen LogP contribution in [0.15, 0.2) is 42.5 Å². The van der Waals surface area contributed by atoms with Gasteiger partial charge in [-0.2, -0.15) is 0 Å². The number of likely N-dealkylation sites (tertiary alicyclic amines) is 1. The summed E-state index contributed by atoms with van der Waals surface area (Å²) < 4.78 is 7.17. The molecule has 3 heterocycles. The van der Waals surface area contributed by atoms with E-state index in [1.165, 1.54) is 16.7 Å². The molecule has 0 saturated carbocycles. The summed E-state index contributed by atoms with van der Waals surface area (Å²) >= 11 is 1.52. The van der Waals surface area contributed by atoms with Crippen LogP contribution in [0, 0.1) is 12.8 Å². The number of fused-ring (bicyclic) bond motifs is 1. The fourth-order valence-corrected chi connectivity index (χ4v) is 5.12. The zero-order valence-electron chi connectivity index (χ0n) is 17.4. The van der Waals surface area contributed by atoms with Crippen molar-refractivity contribution in [2.24, 2.45) is 5.92 Å². The molecule has 158 valence electrons. The smallest absolute Gasteiger partial charge is 0.263 e. The molecule has 0 radical (unpaired) electrons. The summed E-state index contributed by atoms with van der Waals surface area (Å²) in [6.45, 7) is 4.35. The highest BCUT2D eigenvalue weighted by Crippen LogP contribution is 2.30. The molecule has 4 rings (SSSR count). The molecule has 0 spiro atoms. The summed E-state index contributed by atoms with van der Waals surface area (Å²) in [5.41, 5.74) is 2.30. The van der Waals surface area contributed by atoms with Crippen LogP contribution in [-0.4, -0.2) is 54.6 Å². The molecular weight excluding hydrogens is 398 g/mol. The largest absolute Gasteiger partial charge is 0.383 e. The van der Waals surface area contributed by atoms with Gasteiger partial charge < -0.3 is 19.5 Å². The number of ether oxygens (including phenoxy) is 1. The topological polar surface area (TPSA) is 63.6 Å². The zero-order chi connectivity index (χ0) is 21.1. The van der Waals surface area contributed by atoms with Gasteiger partial charge in [0.25, 0.3) is 5.91 Å². The first-order valence-electron chi connectivity index (χ1n) is 10.3. The molecule has 7 heteroatoms. The summed E-state index contributed by atoms with van der Waals surface area (Å²) in [6.07, 6.45) is 1.40. The van der Waals surface area contributed by atoms with Gasteiger partial charge in [-0.3, -0.25) is 9.59 Å². The number of nitrogens with zero attached hydrogens (tertiary/aromatic N) is 2. The Kier molecular flexibility index (Phi) is 6.20. The lowest BCUT2D eigenvalue weighted by Gasteiger charge is -2.31. The molecule has 1 saturated heterocycles. The van der Waals surface area contributed by atoms with Crippen LogP contribution in [0.2, 0.25) is 0 Å². The molecule has 2 amide bonds. The molecule has 1 N–H and O–H groups in total. The summed E-state index contributed by atoms with van der Waals surface area (Å²) in [5, 5.41) is 5.14. The summed E-state index contributed by atoms with van der Waals surface area (Å²) in [7, 11) is 1.62. The number of aryl methyl sites for hydroxylation is 1. The normalized spacial score (nSPS) is 14.9. The van der Waals surface area contributed by atoms with E-state index < -0.39 is 0 Å². The summed E-state index contributed by atoms with van der Waals surface area (Å²) in [4.78, 5) is 27.9. The average Bonchev–Trinajstić information content (AvgIpc) is 3.37. The second kappa shape index (κ2) is 9.02. The number of aromatic nitrogens is 1. The average molecular weight is 426 g/mol. The van der Waals surface area contributed by atoms with Crippen LogP contribution >= 0.6 is 11.3 Å². The summed E-state index contributed by atoms with van der Waals surface area (Å²) in [6, 6.07) is 14.4. The van der Waals surface area contributed by atoms with E-state index in [9.17, 15) is 9.59 Å². The maximum absolute atomic E-state index is 13.0. The van der Waals surface area contributed by atoms with Crippen LogP contribution in [0.4, 0.5) is 0 Å². The Morgan fingerprint density at radius 3 is 2.70 bits per heavy atom. The maximum Gasteiger partial charge on any atom is 0.263 e. The van der Waals surface area contributed by atoms with Gasteiger partial charge in [-0.1, -0.05) is 18.2 Å². The molecule has 1 aromatic carbocycles. The maximum atomic E-state index is 13.0. The minimum atomic E-state index is -0.0290. The Labute approximate surface area is 180 Å². The number of piperidine rings is 1. The van der Waals surface area contributed by atoms with Gasteiger partial charge in [0.1, 0.15) is 5.00 Å². The Morgan fingerprint density at radius 1 is 1.17 bits per heavy atom. The van der Waals surface area contributed by atoms with E-state index in [4.69, 9.17) is 4.74 Å². The highest BCUT2D eigenvalue weighted by Gasteiger charge is 2.28. The standard InChI is InChI=1S/C23H27N3O3S/c1-16-15-18-5-3-4-6-19(18)26(16)21-8-7-20(30-21)23(28)25-12-9-17(10-13-25)22(27)24-11-14-29-2/h3-8,15,17H,9-14H2,1-2H3,(H,24,27). The van der Waals surface area contributed by atoms with Crippen molar-refractivity contribution in [3.8, 4) is 5.00 Å². The van der Waals surface area contributed by atoms with Crippen molar-refractivity contribution in [1.82, 2.24) is 14.8 Å². The molecule has 0 aliphatic carbocycles. The summed E-state index contributed by atoms with van der Waals surface area (Å²) in [5.74, 6) is 0.0878. The van der Waals surface area contributed by atoms with Crippen LogP contribution in [0.25, 0.3) is 15.9 Å². The van der Waals surface area contributed by atoms with Crippen LogP contribution in [0.5, 0.6) is 0 Å². The lowest BCUT2D eigenvalue weighted by molar-refractivity contribution is -0.126. The van der Waals surface area contributed by atoms with Crippen LogP contribution < -0.4 is 5.32 Å². The van der Waals surface area contributed by atoms with Crippen molar-refractivity contribution in [3.05, 3.63) is 53.0 Å². The Hall–Kier alpha value is -2.64. The van der Waals surface area contributed by atoms with E-state index in [0.29, 0.717) is 39.1 Å². The molecule has 0 atom stereocenters. The zero-order valence-corrected chi connectivity index (χ0v) is 18.2. The molecule has 1 aliphatic heterocycles. The number of amides is 2. The minimum Gasteiger partial charge on any atom is -0.383 e. The van der Waals surface area contributed by atoms with Crippen LogP contribution in [0.1, 0.15) is 28.2 Å². The lowest BCUT2D eigenvalue weighted by Crippen LogP contribution is -2.43. The molecule has 1 fully saturated rings. The first kappa shape index (κ1) is 20.6. The van der Waals surface area contributed by atoms with Crippen LogP contribution in [-0.2, 0) is 9.53 Å². The second-order valence-corrected chi connectivity index (χ2v) is 8.73. The predicted octanol–water partition coefficient (Wildman–Crippen LogP) is 3.62. The van der Waals surface area contributed by atoms with E-state index in [-0.39, 0.29) is 17.7 Å². The first-order chi connectivity index (χ1) is 14.6.